The molecule has 0 aliphatic carbocycles. The molecule has 0 saturated carbocycles. The van der Waals surface area contributed by atoms with Crippen LogP contribution in [-0.4, -0.2) is 42.9 Å². The maximum absolute atomic E-state index is 12.0. The zero-order valence-corrected chi connectivity index (χ0v) is 14.6. The van der Waals surface area contributed by atoms with Crippen molar-refractivity contribution < 1.29 is 14.3 Å². The Morgan fingerprint density at radius 3 is 2.70 bits per heavy atom. The van der Waals surface area contributed by atoms with Crippen LogP contribution >= 0.6 is 0 Å². The molecule has 1 aromatic rings. The van der Waals surface area contributed by atoms with Crippen LogP contribution in [0.15, 0.2) is 24.3 Å². The number of hydrogen-bond donors (Lipinski definition) is 1. The highest BCUT2D eigenvalue weighted by molar-refractivity contribution is 5.67. The maximum atomic E-state index is 12.0. The smallest absolute Gasteiger partial charge is 0.410 e. The minimum atomic E-state index is -0.474. The van der Waals surface area contributed by atoms with Gasteiger partial charge in [0.2, 0.25) is 0 Å². The number of ether oxygens (including phenoxy) is 2. The Hall–Kier alpha value is -1.75. The number of hydrogen-bond acceptors (Lipinski definition) is 4. The number of carbonyl (C=O) groups excluding carboxylic acids is 1. The zero-order chi connectivity index (χ0) is 16.9. The summed E-state index contributed by atoms with van der Waals surface area (Å²) in [6.45, 7) is 7.78. The van der Waals surface area contributed by atoms with Crippen molar-refractivity contribution in [2.75, 3.05) is 25.6 Å². The number of rotatable bonds is 4. The van der Waals surface area contributed by atoms with Crippen molar-refractivity contribution in [2.24, 2.45) is 0 Å². The van der Waals surface area contributed by atoms with Gasteiger partial charge in [0.25, 0.3) is 0 Å². The number of benzene rings is 1. The predicted octanol–water partition coefficient (Wildman–Crippen LogP) is 3.64. The fourth-order valence-corrected chi connectivity index (χ4v) is 2.52. The quantitative estimate of drug-likeness (QED) is 0.920. The minimum Gasteiger partial charge on any atom is -0.444 e. The molecule has 1 N–H and O–H groups in total. The molecule has 1 aromatic carbocycles. The lowest BCUT2D eigenvalue weighted by atomic mass is 10.1. The van der Waals surface area contributed by atoms with E-state index in [4.69, 9.17) is 9.47 Å². The summed E-state index contributed by atoms with van der Waals surface area (Å²) in [5.41, 5.74) is 1.69. The second-order valence-corrected chi connectivity index (χ2v) is 7.07. The van der Waals surface area contributed by atoms with E-state index < -0.39 is 5.60 Å². The Morgan fingerprint density at radius 1 is 1.35 bits per heavy atom. The molecule has 1 saturated heterocycles. The molecule has 0 aromatic heterocycles. The van der Waals surface area contributed by atoms with Crippen molar-refractivity contribution in [3.63, 3.8) is 0 Å². The molecular weight excluding hydrogens is 292 g/mol. The van der Waals surface area contributed by atoms with Gasteiger partial charge in [-0.15, -0.1) is 0 Å². The van der Waals surface area contributed by atoms with Crippen molar-refractivity contribution in [3.05, 3.63) is 29.8 Å². The Kier molecular flexibility index (Phi) is 5.88. The summed E-state index contributed by atoms with van der Waals surface area (Å²) in [6.07, 6.45) is 1.75. The monoisotopic (exact) mass is 320 g/mol. The van der Waals surface area contributed by atoms with Crippen LogP contribution < -0.4 is 5.32 Å². The normalized spacial score (nSPS) is 16.0. The molecule has 2 rings (SSSR count). The standard InChI is InChI=1S/C18H28N2O3/c1-18(2,3)23-17(21)20(4)13-14-6-5-7-16(12-14)19-15-8-10-22-11-9-15/h5-7,12,15,19H,8-11,13H2,1-4H3. The van der Waals surface area contributed by atoms with Crippen molar-refractivity contribution in [2.45, 2.75) is 51.8 Å². The van der Waals surface area contributed by atoms with E-state index in [1.807, 2.05) is 32.9 Å². The maximum Gasteiger partial charge on any atom is 0.410 e. The summed E-state index contributed by atoms with van der Waals surface area (Å²) in [6, 6.07) is 8.65. The van der Waals surface area contributed by atoms with E-state index in [9.17, 15) is 4.79 Å². The first kappa shape index (κ1) is 17.6. The van der Waals surface area contributed by atoms with Gasteiger partial charge < -0.3 is 19.7 Å². The second kappa shape index (κ2) is 7.68. The molecule has 5 nitrogen and oxygen atoms in total. The van der Waals surface area contributed by atoms with Crippen LogP contribution in [0.25, 0.3) is 0 Å². The van der Waals surface area contributed by atoms with Crippen LogP contribution in [0.1, 0.15) is 39.2 Å². The minimum absolute atomic E-state index is 0.305. The first-order valence-electron chi connectivity index (χ1n) is 8.21. The van der Waals surface area contributed by atoms with Gasteiger partial charge in [0.1, 0.15) is 5.60 Å². The lowest BCUT2D eigenvalue weighted by Crippen LogP contribution is -2.33. The van der Waals surface area contributed by atoms with Crippen LogP contribution in [0.3, 0.4) is 0 Å². The first-order chi connectivity index (χ1) is 10.8. The van der Waals surface area contributed by atoms with Gasteiger partial charge in [0, 0.05) is 38.5 Å². The highest BCUT2D eigenvalue weighted by Crippen LogP contribution is 2.18. The van der Waals surface area contributed by atoms with Crippen LogP contribution in [-0.2, 0) is 16.0 Å². The Balaban J connectivity index is 1.92. The Bertz CT molecular complexity index is 519. The predicted molar refractivity (Wildman–Crippen MR) is 91.6 cm³/mol. The Morgan fingerprint density at radius 2 is 2.04 bits per heavy atom. The third-order valence-corrected chi connectivity index (χ3v) is 3.64. The van der Waals surface area contributed by atoms with Gasteiger partial charge in [0.15, 0.2) is 0 Å². The number of nitrogens with zero attached hydrogens (tertiary/aromatic N) is 1. The first-order valence-corrected chi connectivity index (χ1v) is 8.21. The molecule has 0 bridgehead atoms. The fraction of sp³-hybridized carbons (Fsp3) is 0.611. The average molecular weight is 320 g/mol. The summed E-state index contributed by atoms with van der Waals surface area (Å²) >= 11 is 0. The van der Waals surface area contributed by atoms with E-state index in [1.54, 1.807) is 11.9 Å². The highest BCUT2D eigenvalue weighted by Gasteiger charge is 2.20. The molecule has 0 radical (unpaired) electrons. The van der Waals surface area contributed by atoms with Crippen molar-refractivity contribution >= 4 is 11.8 Å². The van der Waals surface area contributed by atoms with Gasteiger partial charge >= 0.3 is 6.09 Å². The fourth-order valence-electron chi connectivity index (χ4n) is 2.52. The van der Waals surface area contributed by atoms with Gasteiger partial charge in [-0.05, 0) is 51.3 Å². The van der Waals surface area contributed by atoms with Crippen molar-refractivity contribution in [3.8, 4) is 0 Å². The molecule has 23 heavy (non-hydrogen) atoms. The molecule has 1 amide bonds. The number of nitrogens with one attached hydrogen (secondary N) is 1. The molecule has 1 aliphatic heterocycles. The molecule has 128 valence electrons. The molecule has 0 atom stereocenters. The summed E-state index contributed by atoms with van der Waals surface area (Å²) in [7, 11) is 1.76. The molecule has 0 spiro atoms. The van der Waals surface area contributed by atoms with Crippen molar-refractivity contribution in [1.29, 1.82) is 0 Å². The van der Waals surface area contributed by atoms with Crippen molar-refractivity contribution in [1.82, 2.24) is 4.90 Å². The van der Waals surface area contributed by atoms with E-state index in [-0.39, 0.29) is 6.09 Å². The molecule has 0 unspecified atom stereocenters. The van der Waals surface area contributed by atoms with Crippen LogP contribution in [0.2, 0.25) is 0 Å². The van der Waals surface area contributed by atoms with Crippen LogP contribution in [0.4, 0.5) is 10.5 Å². The van der Waals surface area contributed by atoms with Gasteiger partial charge in [0.05, 0.1) is 0 Å². The van der Waals surface area contributed by atoms with E-state index in [0.29, 0.717) is 12.6 Å². The largest absolute Gasteiger partial charge is 0.444 e. The van der Waals surface area contributed by atoms with Crippen LogP contribution in [0, 0.1) is 0 Å². The van der Waals surface area contributed by atoms with Gasteiger partial charge in [-0.2, -0.15) is 0 Å². The lowest BCUT2D eigenvalue weighted by molar-refractivity contribution is 0.0285. The molecule has 1 heterocycles. The average Bonchev–Trinajstić information content (AvgIpc) is 2.47. The summed E-state index contributed by atoms with van der Waals surface area (Å²) in [5.74, 6) is 0. The van der Waals surface area contributed by atoms with Gasteiger partial charge in [-0.25, -0.2) is 4.79 Å². The molecule has 5 heteroatoms. The third-order valence-electron chi connectivity index (χ3n) is 3.64. The zero-order valence-electron chi connectivity index (χ0n) is 14.6. The van der Waals surface area contributed by atoms with E-state index in [2.05, 4.69) is 17.4 Å². The topological polar surface area (TPSA) is 50.8 Å². The SMILES string of the molecule is CN(Cc1cccc(NC2CCOCC2)c1)C(=O)OC(C)(C)C. The Labute approximate surface area is 139 Å². The van der Waals surface area contributed by atoms with E-state index >= 15 is 0 Å². The van der Waals surface area contributed by atoms with E-state index in [0.717, 1.165) is 37.3 Å². The highest BCUT2D eigenvalue weighted by atomic mass is 16.6. The number of amides is 1. The summed E-state index contributed by atoms with van der Waals surface area (Å²) in [4.78, 5) is 13.6. The lowest BCUT2D eigenvalue weighted by Gasteiger charge is -2.26. The van der Waals surface area contributed by atoms with Gasteiger partial charge in [-0.1, -0.05) is 12.1 Å². The second-order valence-electron chi connectivity index (χ2n) is 7.07. The molecule has 1 fully saturated rings. The summed E-state index contributed by atoms with van der Waals surface area (Å²) in [5, 5.41) is 3.55. The third kappa shape index (κ3) is 6.10. The molecule has 1 aliphatic rings. The molecular formula is C18H28N2O3. The number of anilines is 1. The summed E-state index contributed by atoms with van der Waals surface area (Å²) < 4.78 is 10.8. The van der Waals surface area contributed by atoms with Gasteiger partial charge in [-0.3, -0.25) is 0 Å². The number of carbonyl (C=O) groups is 1. The van der Waals surface area contributed by atoms with E-state index in [1.165, 1.54) is 0 Å². The van der Waals surface area contributed by atoms with Crippen LogP contribution in [0.5, 0.6) is 0 Å².